The van der Waals surface area contributed by atoms with Crippen LogP contribution in [0, 0.1) is 6.92 Å². The normalized spacial score (nSPS) is 12.3. The van der Waals surface area contributed by atoms with Crippen LogP contribution in [-0.2, 0) is 11.3 Å². The maximum absolute atomic E-state index is 12.6. The number of carbonyl (C=O) groups is 1. The van der Waals surface area contributed by atoms with Gasteiger partial charge in [0.25, 0.3) is 0 Å². The largest absolute Gasteiger partial charge is 0.344 e. The second kappa shape index (κ2) is 9.81. The molecule has 0 spiro atoms. The molecule has 0 aliphatic carbocycles. The predicted molar refractivity (Wildman–Crippen MR) is 113 cm³/mol. The van der Waals surface area contributed by atoms with Gasteiger partial charge in [-0.2, -0.15) is 0 Å². The number of carbonyl (C=O) groups excluding carboxylic acids is 1. The van der Waals surface area contributed by atoms with Crippen LogP contribution in [-0.4, -0.2) is 57.4 Å². The van der Waals surface area contributed by atoms with E-state index in [0.717, 1.165) is 17.0 Å². The molecular weight excluding hydrogens is 392 g/mol. The van der Waals surface area contributed by atoms with E-state index in [1.807, 2.05) is 31.6 Å². The van der Waals surface area contributed by atoms with Crippen molar-refractivity contribution in [2.45, 2.75) is 24.7 Å². The fourth-order valence-corrected chi connectivity index (χ4v) is 4.12. The molecular formula is C19H24N6OS2. The highest BCUT2D eigenvalue weighted by atomic mass is 32.2. The topological polar surface area (TPSA) is 75.9 Å². The van der Waals surface area contributed by atoms with Gasteiger partial charge in [0, 0.05) is 11.4 Å². The molecule has 7 nitrogen and oxygen atoms in total. The molecule has 1 amide bonds. The zero-order valence-electron chi connectivity index (χ0n) is 16.2. The summed E-state index contributed by atoms with van der Waals surface area (Å²) in [6.45, 7) is 3.57. The monoisotopic (exact) mass is 416 g/mol. The van der Waals surface area contributed by atoms with Gasteiger partial charge in [0.05, 0.1) is 18.3 Å². The summed E-state index contributed by atoms with van der Waals surface area (Å²) in [5.41, 5.74) is 2.27. The van der Waals surface area contributed by atoms with Crippen LogP contribution in [0.15, 0.2) is 46.9 Å². The molecule has 28 heavy (non-hydrogen) atoms. The van der Waals surface area contributed by atoms with Gasteiger partial charge in [0.15, 0.2) is 0 Å². The minimum Gasteiger partial charge on any atom is -0.344 e. The van der Waals surface area contributed by atoms with Crippen molar-refractivity contribution in [1.82, 2.24) is 30.4 Å². The van der Waals surface area contributed by atoms with Crippen LogP contribution in [0.2, 0.25) is 0 Å². The number of aromatic nitrogens is 4. The highest BCUT2D eigenvalue weighted by molar-refractivity contribution is 7.99. The Kier molecular flexibility index (Phi) is 7.18. The molecule has 0 aliphatic rings. The first kappa shape index (κ1) is 20.5. The van der Waals surface area contributed by atoms with Gasteiger partial charge in [0.1, 0.15) is 0 Å². The van der Waals surface area contributed by atoms with Crippen molar-refractivity contribution in [3.63, 3.8) is 0 Å². The Hall–Kier alpha value is -2.23. The molecule has 0 aliphatic heterocycles. The lowest BCUT2D eigenvalue weighted by Crippen LogP contribution is -2.30. The Labute approximate surface area is 173 Å². The fraction of sp³-hybridized carbons (Fsp3) is 0.368. The number of benzene rings is 1. The van der Waals surface area contributed by atoms with Crippen molar-refractivity contribution in [1.29, 1.82) is 0 Å². The van der Waals surface area contributed by atoms with E-state index in [1.165, 1.54) is 17.3 Å². The summed E-state index contributed by atoms with van der Waals surface area (Å²) in [4.78, 5) is 15.8. The fourth-order valence-electron chi connectivity index (χ4n) is 2.60. The van der Waals surface area contributed by atoms with Crippen LogP contribution >= 0.6 is 23.1 Å². The lowest BCUT2D eigenvalue weighted by molar-refractivity contribution is -0.119. The average Bonchev–Trinajstić information content (AvgIpc) is 3.35. The SMILES string of the molecule is Cc1ccc(C(NC(=O)CSc2nnnn2CCN(C)C)c2cccs2)cc1. The number of hydrogen-bond donors (Lipinski definition) is 1. The summed E-state index contributed by atoms with van der Waals surface area (Å²) < 4.78 is 1.73. The van der Waals surface area contributed by atoms with Crippen LogP contribution in [0.5, 0.6) is 0 Å². The van der Waals surface area contributed by atoms with E-state index in [1.54, 1.807) is 16.0 Å². The zero-order valence-corrected chi connectivity index (χ0v) is 17.8. The van der Waals surface area contributed by atoms with Gasteiger partial charge in [-0.15, -0.1) is 16.4 Å². The van der Waals surface area contributed by atoms with E-state index >= 15 is 0 Å². The summed E-state index contributed by atoms with van der Waals surface area (Å²) in [6, 6.07) is 12.2. The number of tetrazole rings is 1. The smallest absolute Gasteiger partial charge is 0.231 e. The number of likely N-dealkylation sites (N-methyl/N-ethyl adjacent to an activating group) is 1. The van der Waals surface area contributed by atoms with Gasteiger partial charge >= 0.3 is 0 Å². The number of thiophene rings is 1. The molecule has 2 aromatic heterocycles. The standard InChI is InChI=1S/C19H24N6OS2/c1-14-6-8-15(9-7-14)18(16-5-4-12-27-16)20-17(26)13-28-19-21-22-23-25(19)11-10-24(2)3/h4-9,12,18H,10-11,13H2,1-3H3,(H,20,26). The molecule has 3 rings (SSSR count). The zero-order chi connectivity index (χ0) is 19.9. The second-order valence-electron chi connectivity index (χ2n) is 6.70. The molecule has 0 radical (unpaired) electrons. The summed E-state index contributed by atoms with van der Waals surface area (Å²) >= 11 is 2.99. The van der Waals surface area contributed by atoms with Crippen LogP contribution in [0.3, 0.4) is 0 Å². The van der Waals surface area contributed by atoms with Crippen molar-refractivity contribution < 1.29 is 4.79 Å². The molecule has 0 fully saturated rings. The molecule has 1 N–H and O–H groups in total. The Morgan fingerprint density at radius 3 is 2.75 bits per heavy atom. The van der Waals surface area contributed by atoms with Crippen molar-refractivity contribution in [3.8, 4) is 0 Å². The maximum Gasteiger partial charge on any atom is 0.231 e. The van der Waals surface area contributed by atoms with Gasteiger partial charge in [-0.05, 0) is 48.5 Å². The third-order valence-electron chi connectivity index (χ3n) is 4.13. The summed E-state index contributed by atoms with van der Waals surface area (Å²) in [5.74, 6) is 0.210. The Morgan fingerprint density at radius 1 is 1.29 bits per heavy atom. The molecule has 0 saturated carbocycles. The lowest BCUT2D eigenvalue weighted by atomic mass is 10.0. The van der Waals surface area contributed by atoms with Crippen LogP contribution in [0.1, 0.15) is 22.0 Å². The van der Waals surface area contributed by atoms with E-state index in [9.17, 15) is 4.79 Å². The van der Waals surface area contributed by atoms with E-state index in [4.69, 9.17) is 0 Å². The van der Waals surface area contributed by atoms with Crippen molar-refractivity contribution in [3.05, 3.63) is 57.8 Å². The van der Waals surface area contributed by atoms with Gasteiger partial charge in [-0.25, -0.2) is 4.68 Å². The van der Waals surface area contributed by atoms with Crippen LogP contribution in [0.25, 0.3) is 0 Å². The number of rotatable bonds is 9. The predicted octanol–water partition coefficient (Wildman–Crippen LogP) is 2.60. The van der Waals surface area contributed by atoms with Crippen molar-refractivity contribution in [2.24, 2.45) is 0 Å². The molecule has 2 heterocycles. The van der Waals surface area contributed by atoms with Crippen molar-refractivity contribution >= 4 is 29.0 Å². The average molecular weight is 417 g/mol. The molecule has 0 saturated heterocycles. The highest BCUT2D eigenvalue weighted by Crippen LogP contribution is 2.26. The molecule has 1 atom stereocenters. The third kappa shape index (κ3) is 5.63. The molecule has 1 aromatic carbocycles. The minimum atomic E-state index is -0.154. The van der Waals surface area contributed by atoms with Gasteiger partial charge in [-0.1, -0.05) is 47.7 Å². The first-order chi connectivity index (χ1) is 13.5. The quantitative estimate of drug-likeness (QED) is 0.541. The second-order valence-corrected chi connectivity index (χ2v) is 8.62. The number of thioether (sulfide) groups is 1. The lowest BCUT2D eigenvalue weighted by Gasteiger charge is -2.18. The highest BCUT2D eigenvalue weighted by Gasteiger charge is 2.19. The molecule has 0 bridgehead atoms. The van der Waals surface area contributed by atoms with Crippen LogP contribution in [0.4, 0.5) is 0 Å². The Morgan fingerprint density at radius 2 is 2.07 bits per heavy atom. The number of nitrogens with one attached hydrogen (secondary N) is 1. The number of aryl methyl sites for hydroxylation is 1. The first-order valence-electron chi connectivity index (χ1n) is 8.96. The number of hydrogen-bond acceptors (Lipinski definition) is 7. The van der Waals surface area contributed by atoms with E-state index in [-0.39, 0.29) is 17.7 Å². The van der Waals surface area contributed by atoms with Gasteiger partial charge < -0.3 is 10.2 Å². The first-order valence-corrected chi connectivity index (χ1v) is 10.8. The number of nitrogens with zero attached hydrogens (tertiary/aromatic N) is 5. The summed E-state index contributed by atoms with van der Waals surface area (Å²) in [7, 11) is 4.00. The summed E-state index contributed by atoms with van der Waals surface area (Å²) in [5, 5.41) is 17.6. The molecule has 148 valence electrons. The summed E-state index contributed by atoms with van der Waals surface area (Å²) in [6.07, 6.45) is 0. The van der Waals surface area contributed by atoms with E-state index in [2.05, 4.69) is 56.9 Å². The molecule has 1 unspecified atom stereocenters. The maximum atomic E-state index is 12.6. The van der Waals surface area contributed by atoms with E-state index < -0.39 is 0 Å². The van der Waals surface area contributed by atoms with Crippen molar-refractivity contribution in [2.75, 3.05) is 26.4 Å². The third-order valence-corrected chi connectivity index (χ3v) is 6.03. The van der Waals surface area contributed by atoms with Gasteiger partial charge in [-0.3, -0.25) is 4.79 Å². The van der Waals surface area contributed by atoms with E-state index in [0.29, 0.717) is 11.7 Å². The Balaban J connectivity index is 1.63. The van der Waals surface area contributed by atoms with Gasteiger partial charge in [0.2, 0.25) is 11.1 Å². The minimum absolute atomic E-state index is 0.0499. The molecule has 9 heteroatoms. The van der Waals surface area contributed by atoms with Crippen LogP contribution < -0.4 is 5.32 Å². The molecule has 3 aromatic rings. The number of amides is 1. The Bertz CT molecular complexity index is 876.